The summed E-state index contributed by atoms with van der Waals surface area (Å²) in [6.45, 7) is 2.22. The molecular formula is C18H33NO2. The van der Waals surface area contributed by atoms with Gasteiger partial charge in [-0.05, 0) is 37.3 Å². The van der Waals surface area contributed by atoms with Crippen LogP contribution in [-0.4, -0.2) is 6.29 Å². The molecule has 0 aliphatic rings. The SMILES string of the molecule is CCCCCCCC/C(=C/CCCCCCCC=O)N=O. The van der Waals surface area contributed by atoms with Gasteiger partial charge in [-0.15, -0.1) is 4.91 Å². The average Bonchev–Trinajstić information content (AvgIpc) is 2.51. The number of hydrogen-bond donors (Lipinski definition) is 0. The van der Waals surface area contributed by atoms with Crippen LogP contribution in [0.3, 0.4) is 0 Å². The van der Waals surface area contributed by atoms with Crippen LogP contribution in [0.25, 0.3) is 0 Å². The van der Waals surface area contributed by atoms with Crippen molar-refractivity contribution in [1.29, 1.82) is 0 Å². The third-order valence-electron chi connectivity index (χ3n) is 3.81. The molecule has 3 nitrogen and oxygen atoms in total. The molecule has 0 saturated carbocycles. The van der Waals surface area contributed by atoms with E-state index in [4.69, 9.17) is 0 Å². The van der Waals surface area contributed by atoms with Crippen LogP contribution >= 0.6 is 0 Å². The highest BCUT2D eigenvalue weighted by atomic mass is 16.3. The summed E-state index contributed by atoms with van der Waals surface area (Å²) >= 11 is 0. The first-order valence-electron chi connectivity index (χ1n) is 8.81. The zero-order valence-electron chi connectivity index (χ0n) is 13.8. The molecule has 0 aromatic heterocycles. The zero-order valence-corrected chi connectivity index (χ0v) is 13.8. The molecule has 0 N–H and O–H groups in total. The van der Waals surface area contributed by atoms with Gasteiger partial charge in [-0.3, -0.25) is 0 Å². The van der Waals surface area contributed by atoms with Crippen molar-refractivity contribution in [2.24, 2.45) is 5.18 Å². The van der Waals surface area contributed by atoms with E-state index in [2.05, 4.69) is 12.1 Å². The Labute approximate surface area is 130 Å². The van der Waals surface area contributed by atoms with E-state index in [1.807, 2.05) is 6.08 Å². The predicted octanol–water partition coefficient (Wildman–Crippen LogP) is 6.32. The van der Waals surface area contributed by atoms with Gasteiger partial charge in [-0.25, -0.2) is 0 Å². The second kappa shape index (κ2) is 17.1. The Bertz CT molecular complexity index is 274. The first-order chi connectivity index (χ1) is 10.3. The van der Waals surface area contributed by atoms with Gasteiger partial charge in [-0.1, -0.05) is 64.4 Å². The Morgan fingerprint density at radius 3 is 2.00 bits per heavy atom. The van der Waals surface area contributed by atoms with E-state index >= 15 is 0 Å². The van der Waals surface area contributed by atoms with Gasteiger partial charge in [0.2, 0.25) is 0 Å². The third-order valence-corrected chi connectivity index (χ3v) is 3.81. The van der Waals surface area contributed by atoms with Crippen LogP contribution in [0, 0.1) is 4.91 Å². The topological polar surface area (TPSA) is 46.5 Å². The van der Waals surface area contributed by atoms with Crippen molar-refractivity contribution in [3.63, 3.8) is 0 Å². The summed E-state index contributed by atoms with van der Waals surface area (Å²) in [5.74, 6) is 0. The summed E-state index contributed by atoms with van der Waals surface area (Å²) in [4.78, 5) is 20.9. The van der Waals surface area contributed by atoms with E-state index < -0.39 is 0 Å². The first-order valence-corrected chi connectivity index (χ1v) is 8.81. The summed E-state index contributed by atoms with van der Waals surface area (Å²) in [7, 11) is 0. The lowest BCUT2D eigenvalue weighted by Gasteiger charge is -2.01. The molecule has 122 valence electrons. The molecule has 0 amide bonds. The van der Waals surface area contributed by atoms with E-state index in [0.29, 0.717) is 6.42 Å². The molecule has 0 atom stereocenters. The number of aldehydes is 1. The van der Waals surface area contributed by atoms with Gasteiger partial charge in [-0.2, -0.15) is 0 Å². The lowest BCUT2D eigenvalue weighted by molar-refractivity contribution is -0.107. The van der Waals surface area contributed by atoms with Crippen LogP contribution in [0.5, 0.6) is 0 Å². The van der Waals surface area contributed by atoms with Gasteiger partial charge >= 0.3 is 0 Å². The second-order valence-electron chi connectivity index (χ2n) is 5.82. The quantitative estimate of drug-likeness (QED) is 0.190. The molecule has 21 heavy (non-hydrogen) atoms. The molecule has 0 fully saturated rings. The zero-order chi connectivity index (χ0) is 15.6. The highest BCUT2D eigenvalue weighted by Gasteiger charge is 1.98. The summed E-state index contributed by atoms with van der Waals surface area (Å²) in [6.07, 6.45) is 18.6. The molecular weight excluding hydrogens is 262 g/mol. The van der Waals surface area contributed by atoms with Gasteiger partial charge in [0.1, 0.15) is 6.29 Å². The fraction of sp³-hybridized carbons (Fsp3) is 0.833. The standard InChI is InChI=1S/C18H33NO2/c1-2-3-4-5-9-12-15-18(19-21)16-13-10-7-6-8-11-14-17-20/h16-17H,2-15H2,1H3/b18-16-. The van der Waals surface area contributed by atoms with E-state index in [0.717, 1.165) is 50.5 Å². The lowest BCUT2D eigenvalue weighted by atomic mass is 10.1. The van der Waals surface area contributed by atoms with E-state index in [9.17, 15) is 9.70 Å². The average molecular weight is 295 g/mol. The van der Waals surface area contributed by atoms with Crippen LogP contribution in [0.4, 0.5) is 0 Å². The fourth-order valence-corrected chi connectivity index (χ4v) is 2.44. The maximum Gasteiger partial charge on any atom is 0.119 e. The Kier molecular flexibility index (Phi) is 16.3. The molecule has 0 saturated heterocycles. The van der Waals surface area contributed by atoms with Gasteiger partial charge < -0.3 is 4.79 Å². The number of nitroso groups, excluding NO2 is 1. The van der Waals surface area contributed by atoms with Crippen LogP contribution < -0.4 is 0 Å². The van der Waals surface area contributed by atoms with Crippen LogP contribution in [0.2, 0.25) is 0 Å². The number of carbonyl (C=O) groups is 1. The fourth-order valence-electron chi connectivity index (χ4n) is 2.44. The van der Waals surface area contributed by atoms with Crippen LogP contribution in [-0.2, 0) is 4.79 Å². The number of allylic oxidation sites excluding steroid dienone is 2. The number of carbonyl (C=O) groups excluding carboxylic acids is 1. The van der Waals surface area contributed by atoms with Crippen molar-refractivity contribution in [1.82, 2.24) is 0 Å². The minimum Gasteiger partial charge on any atom is -0.303 e. The Morgan fingerprint density at radius 1 is 0.810 bits per heavy atom. The molecule has 0 heterocycles. The number of rotatable bonds is 16. The largest absolute Gasteiger partial charge is 0.303 e. The summed E-state index contributed by atoms with van der Waals surface area (Å²) in [6, 6.07) is 0. The molecule has 3 heteroatoms. The van der Waals surface area contributed by atoms with E-state index in [1.165, 1.54) is 44.9 Å². The number of hydrogen-bond acceptors (Lipinski definition) is 3. The molecule has 0 aliphatic carbocycles. The van der Waals surface area contributed by atoms with Crippen molar-refractivity contribution in [3.8, 4) is 0 Å². The molecule has 0 bridgehead atoms. The molecule has 0 spiro atoms. The predicted molar refractivity (Wildman–Crippen MR) is 90.3 cm³/mol. The third kappa shape index (κ3) is 15.2. The first kappa shape index (κ1) is 20.0. The van der Waals surface area contributed by atoms with Gasteiger partial charge in [0, 0.05) is 6.42 Å². The minimum absolute atomic E-state index is 0.692. The molecule has 0 rings (SSSR count). The molecule has 0 aliphatic heterocycles. The number of nitrogens with zero attached hydrogens (tertiary/aromatic N) is 1. The van der Waals surface area contributed by atoms with Crippen molar-refractivity contribution < 1.29 is 4.79 Å². The summed E-state index contributed by atoms with van der Waals surface area (Å²) < 4.78 is 0. The maximum atomic E-state index is 10.8. The minimum atomic E-state index is 0.692. The van der Waals surface area contributed by atoms with Gasteiger partial charge in [0.05, 0.1) is 5.70 Å². The maximum absolute atomic E-state index is 10.8. The van der Waals surface area contributed by atoms with Crippen molar-refractivity contribution >= 4 is 6.29 Å². The molecule has 0 radical (unpaired) electrons. The van der Waals surface area contributed by atoms with Crippen molar-refractivity contribution in [3.05, 3.63) is 16.7 Å². The molecule has 0 unspecified atom stereocenters. The normalized spacial score (nSPS) is 11.6. The summed E-state index contributed by atoms with van der Waals surface area (Å²) in [5.41, 5.74) is 0.742. The lowest BCUT2D eigenvalue weighted by Crippen LogP contribution is -1.84. The van der Waals surface area contributed by atoms with Crippen molar-refractivity contribution in [2.45, 2.75) is 96.8 Å². The highest BCUT2D eigenvalue weighted by molar-refractivity contribution is 5.48. The Hall–Kier alpha value is -0.990. The number of unbranched alkanes of at least 4 members (excludes halogenated alkanes) is 11. The Morgan fingerprint density at radius 2 is 1.38 bits per heavy atom. The second-order valence-corrected chi connectivity index (χ2v) is 5.82. The molecule has 0 aromatic rings. The van der Waals surface area contributed by atoms with E-state index in [1.54, 1.807) is 0 Å². The van der Waals surface area contributed by atoms with E-state index in [-0.39, 0.29) is 0 Å². The monoisotopic (exact) mass is 295 g/mol. The molecule has 0 aromatic carbocycles. The van der Waals surface area contributed by atoms with Crippen LogP contribution in [0.1, 0.15) is 96.8 Å². The highest BCUT2D eigenvalue weighted by Crippen LogP contribution is 2.15. The summed E-state index contributed by atoms with van der Waals surface area (Å²) in [5, 5.41) is 3.15. The van der Waals surface area contributed by atoms with Gasteiger partial charge in [0.25, 0.3) is 0 Å². The van der Waals surface area contributed by atoms with Gasteiger partial charge in [0.15, 0.2) is 0 Å². The Balaban J connectivity index is 3.48. The smallest absolute Gasteiger partial charge is 0.119 e. The van der Waals surface area contributed by atoms with Crippen molar-refractivity contribution in [2.75, 3.05) is 0 Å². The van der Waals surface area contributed by atoms with Crippen LogP contribution in [0.15, 0.2) is 16.9 Å².